The predicted molar refractivity (Wildman–Crippen MR) is 66.9 cm³/mol. The van der Waals surface area contributed by atoms with Crippen molar-refractivity contribution in [2.45, 2.75) is 38.8 Å². The summed E-state index contributed by atoms with van der Waals surface area (Å²) in [6.07, 6.45) is 6.59. The van der Waals surface area contributed by atoms with E-state index in [4.69, 9.17) is 0 Å². The highest BCUT2D eigenvalue weighted by Crippen LogP contribution is 2.20. The van der Waals surface area contributed by atoms with Gasteiger partial charge in [0.25, 0.3) is 0 Å². The molecule has 0 atom stereocenters. The first-order valence-electron chi connectivity index (χ1n) is 6.17. The lowest BCUT2D eigenvalue weighted by atomic mass is 10.1. The second kappa shape index (κ2) is 4.87. The molecule has 0 aromatic carbocycles. The van der Waals surface area contributed by atoms with Gasteiger partial charge in [-0.25, -0.2) is 0 Å². The number of anilines is 1. The van der Waals surface area contributed by atoms with E-state index in [9.17, 15) is 0 Å². The van der Waals surface area contributed by atoms with Gasteiger partial charge in [0, 0.05) is 31.4 Å². The van der Waals surface area contributed by atoms with Gasteiger partial charge >= 0.3 is 0 Å². The maximum absolute atomic E-state index is 4.39. The highest BCUT2D eigenvalue weighted by molar-refractivity contribution is 5.42. The summed E-state index contributed by atoms with van der Waals surface area (Å²) in [5, 5.41) is 7.74. The SMILES string of the molecule is CNC1CCN(c2cnn(C(C)C)c2)CC1. The van der Waals surface area contributed by atoms with Crippen molar-refractivity contribution in [3.63, 3.8) is 0 Å². The van der Waals surface area contributed by atoms with Crippen LogP contribution < -0.4 is 10.2 Å². The van der Waals surface area contributed by atoms with E-state index in [0.29, 0.717) is 12.1 Å². The lowest BCUT2D eigenvalue weighted by Crippen LogP contribution is -2.41. The molecule has 1 aliphatic heterocycles. The van der Waals surface area contributed by atoms with Gasteiger partial charge in [-0.3, -0.25) is 4.68 Å². The van der Waals surface area contributed by atoms with E-state index in [1.165, 1.54) is 18.5 Å². The average molecular weight is 222 g/mol. The monoisotopic (exact) mass is 222 g/mol. The Morgan fingerprint density at radius 3 is 2.56 bits per heavy atom. The molecule has 16 heavy (non-hydrogen) atoms. The summed E-state index contributed by atoms with van der Waals surface area (Å²) >= 11 is 0. The van der Waals surface area contributed by atoms with Crippen LogP contribution in [-0.2, 0) is 0 Å². The first-order valence-corrected chi connectivity index (χ1v) is 6.17. The van der Waals surface area contributed by atoms with Gasteiger partial charge in [-0.15, -0.1) is 0 Å². The molecule has 2 rings (SSSR count). The maximum atomic E-state index is 4.39. The molecule has 1 saturated heterocycles. The summed E-state index contributed by atoms with van der Waals surface area (Å²) in [6.45, 7) is 6.58. The fourth-order valence-electron chi connectivity index (χ4n) is 2.20. The Bertz CT molecular complexity index is 324. The smallest absolute Gasteiger partial charge is 0.0752 e. The number of piperidine rings is 1. The van der Waals surface area contributed by atoms with Crippen molar-refractivity contribution in [3.05, 3.63) is 12.4 Å². The molecule has 0 amide bonds. The zero-order valence-corrected chi connectivity index (χ0v) is 10.5. The molecule has 1 N–H and O–H groups in total. The van der Waals surface area contributed by atoms with E-state index in [1.807, 2.05) is 10.9 Å². The topological polar surface area (TPSA) is 33.1 Å². The molecule has 0 radical (unpaired) electrons. The fraction of sp³-hybridized carbons (Fsp3) is 0.750. The molecule has 4 nitrogen and oxygen atoms in total. The molecule has 0 spiro atoms. The summed E-state index contributed by atoms with van der Waals surface area (Å²) in [4.78, 5) is 2.43. The van der Waals surface area contributed by atoms with Gasteiger partial charge in [-0.2, -0.15) is 5.10 Å². The summed E-state index contributed by atoms with van der Waals surface area (Å²) < 4.78 is 2.03. The molecule has 0 aliphatic carbocycles. The molecule has 1 fully saturated rings. The van der Waals surface area contributed by atoms with Crippen molar-refractivity contribution >= 4 is 5.69 Å². The third-order valence-electron chi connectivity index (χ3n) is 3.39. The van der Waals surface area contributed by atoms with Crippen molar-refractivity contribution in [2.24, 2.45) is 0 Å². The number of rotatable bonds is 3. The molecule has 90 valence electrons. The third kappa shape index (κ3) is 2.38. The third-order valence-corrected chi connectivity index (χ3v) is 3.39. The molecule has 4 heteroatoms. The number of hydrogen-bond acceptors (Lipinski definition) is 3. The molecule has 0 unspecified atom stereocenters. The molecule has 0 saturated carbocycles. The second-order valence-electron chi connectivity index (χ2n) is 4.82. The molecule has 1 aromatic rings. The predicted octanol–water partition coefficient (Wildman–Crippen LogP) is 1.65. The van der Waals surface area contributed by atoms with Crippen LogP contribution in [0.4, 0.5) is 5.69 Å². The van der Waals surface area contributed by atoms with Crippen LogP contribution in [0, 0.1) is 0 Å². The van der Waals surface area contributed by atoms with E-state index in [2.05, 4.69) is 42.4 Å². The first kappa shape index (κ1) is 11.5. The molecule has 0 bridgehead atoms. The first-order chi connectivity index (χ1) is 7.70. The Hall–Kier alpha value is -1.03. The summed E-state index contributed by atoms with van der Waals surface area (Å²) in [6, 6.07) is 1.14. The number of nitrogens with zero attached hydrogens (tertiary/aromatic N) is 3. The van der Waals surface area contributed by atoms with Gasteiger partial charge in [0.2, 0.25) is 0 Å². The largest absolute Gasteiger partial charge is 0.369 e. The van der Waals surface area contributed by atoms with E-state index in [-0.39, 0.29) is 0 Å². The molecular formula is C12H22N4. The number of nitrogens with one attached hydrogen (secondary N) is 1. The van der Waals surface area contributed by atoms with Gasteiger partial charge < -0.3 is 10.2 Å². The summed E-state index contributed by atoms with van der Waals surface area (Å²) in [7, 11) is 2.05. The van der Waals surface area contributed by atoms with E-state index in [0.717, 1.165) is 13.1 Å². The Balaban J connectivity index is 1.97. The standard InChI is InChI=1S/C12H22N4/c1-10(2)16-9-12(8-14-16)15-6-4-11(13-3)5-7-15/h8-11,13H,4-7H2,1-3H3. The second-order valence-corrected chi connectivity index (χ2v) is 4.82. The van der Waals surface area contributed by atoms with Crippen molar-refractivity contribution in [2.75, 3.05) is 25.0 Å². The highest BCUT2D eigenvalue weighted by Gasteiger charge is 2.18. The van der Waals surface area contributed by atoms with Crippen LogP contribution in [0.25, 0.3) is 0 Å². The van der Waals surface area contributed by atoms with Gasteiger partial charge in [-0.1, -0.05) is 0 Å². The number of hydrogen-bond donors (Lipinski definition) is 1. The van der Waals surface area contributed by atoms with Gasteiger partial charge in [0.1, 0.15) is 0 Å². The van der Waals surface area contributed by atoms with Crippen molar-refractivity contribution in [1.82, 2.24) is 15.1 Å². The lowest BCUT2D eigenvalue weighted by molar-refractivity contribution is 0.442. The van der Waals surface area contributed by atoms with Gasteiger partial charge in [0.15, 0.2) is 0 Å². The maximum Gasteiger partial charge on any atom is 0.0752 e. The van der Waals surface area contributed by atoms with E-state index < -0.39 is 0 Å². The number of aromatic nitrogens is 2. The normalized spacial score (nSPS) is 18.4. The quantitative estimate of drug-likeness (QED) is 0.844. The van der Waals surface area contributed by atoms with Crippen molar-refractivity contribution in [3.8, 4) is 0 Å². The fourth-order valence-corrected chi connectivity index (χ4v) is 2.20. The zero-order valence-electron chi connectivity index (χ0n) is 10.5. The Morgan fingerprint density at radius 1 is 1.38 bits per heavy atom. The summed E-state index contributed by atoms with van der Waals surface area (Å²) in [5.41, 5.74) is 1.27. The average Bonchev–Trinajstić information content (AvgIpc) is 2.78. The summed E-state index contributed by atoms with van der Waals surface area (Å²) in [5.74, 6) is 0. The molecule has 1 aromatic heterocycles. The Labute approximate surface area is 97.6 Å². The minimum atomic E-state index is 0.448. The van der Waals surface area contributed by atoms with Gasteiger partial charge in [-0.05, 0) is 33.7 Å². The van der Waals surface area contributed by atoms with Crippen LogP contribution in [0.1, 0.15) is 32.7 Å². The van der Waals surface area contributed by atoms with E-state index in [1.54, 1.807) is 0 Å². The Morgan fingerprint density at radius 2 is 2.06 bits per heavy atom. The minimum absolute atomic E-state index is 0.448. The van der Waals surface area contributed by atoms with Crippen molar-refractivity contribution < 1.29 is 0 Å². The van der Waals surface area contributed by atoms with Crippen LogP contribution in [0.15, 0.2) is 12.4 Å². The van der Waals surface area contributed by atoms with Crippen molar-refractivity contribution in [1.29, 1.82) is 0 Å². The lowest BCUT2D eigenvalue weighted by Gasteiger charge is -2.32. The van der Waals surface area contributed by atoms with Crippen LogP contribution in [-0.4, -0.2) is 36.0 Å². The zero-order chi connectivity index (χ0) is 11.5. The molecule has 2 heterocycles. The van der Waals surface area contributed by atoms with Crippen LogP contribution >= 0.6 is 0 Å². The van der Waals surface area contributed by atoms with Crippen LogP contribution in [0.5, 0.6) is 0 Å². The minimum Gasteiger partial charge on any atom is -0.369 e. The van der Waals surface area contributed by atoms with Crippen LogP contribution in [0.3, 0.4) is 0 Å². The molecular weight excluding hydrogens is 200 g/mol. The van der Waals surface area contributed by atoms with Gasteiger partial charge in [0.05, 0.1) is 11.9 Å². The van der Waals surface area contributed by atoms with E-state index >= 15 is 0 Å². The highest BCUT2D eigenvalue weighted by atomic mass is 15.3. The Kier molecular flexibility index (Phi) is 3.49. The van der Waals surface area contributed by atoms with Crippen LogP contribution in [0.2, 0.25) is 0 Å². The molecule has 1 aliphatic rings.